The topological polar surface area (TPSA) is 114 Å². The number of hydrogen-bond acceptors (Lipinski definition) is 6. The molecule has 2 aromatic rings. The summed E-state index contributed by atoms with van der Waals surface area (Å²) in [6.07, 6.45) is -0.271. The minimum atomic E-state index is -4.00. The largest absolute Gasteiger partial charge is 0.486 e. The predicted molar refractivity (Wildman–Crippen MR) is 112 cm³/mol. The minimum Gasteiger partial charge on any atom is -0.486 e. The molecule has 3 rings (SSSR count). The first-order valence-corrected chi connectivity index (χ1v) is 10.9. The van der Waals surface area contributed by atoms with Crippen molar-refractivity contribution in [3.8, 4) is 11.8 Å². The van der Waals surface area contributed by atoms with Crippen LogP contribution in [0.1, 0.15) is 31.4 Å². The van der Waals surface area contributed by atoms with Gasteiger partial charge in [0, 0.05) is 12.5 Å². The van der Waals surface area contributed by atoms with E-state index in [1.54, 1.807) is 26.0 Å². The van der Waals surface area contributed by atoms with Gasteiger partial charge < -0.3 is 4.74 Å². The second-order valence-electron chi connectivity index (χ2n) is 8.10. The molecule has 30 heavy (non-hydrogen) atoms. The van der Waals surface area contributed by atoms with Gasteiger partial charge in [0.25, 0.3) is 15.7 Å². The van der Waals surface area contributed by atoms with E-state index in [9.17, 15) is 23.8 Å². The number of anilines is 1. The maximum absolute atomic E-state index is 13.5. The van der Waals surface area contributed by atoms with Crippen LogP contribution >= 0.6 is 0 Å². The molecule has 1 heterocycles. The molecule has 2 aromatic carbocycles. The second kappa shape index (κ2) is 7.61. The molecule has 0 aromatic heterocycles. The summed E-state index contributed by atoms with van der Waals surface area (Å²) in [5, 5.41) is 20.8. The normalized spacial score (nSPS) is 16.4. The summed E-state index contributed by atoms with van der Waals surface area (Å²) in [7, 11) is -4.00. The molecule has 0 saturated carbocycles. The van der Waals surface area contributed by atoms with Crippen LogP contribution in [0.4, 0.5) is 11.4 Å². The van der Waals surface area contributed by atoms with E-state index in [0.717, 1.165) is 5.56 Å². The summed E-state index contributed by atoms with van der Waals surface area (Å²) in [4.78, 5) is 11.0. The van der Waals surface area contributed by atoms with Crippen LogP contribution in [-0.4, -0.2) is 26.0 Å². The Balaban J connectivity index is 2.16. The number of sulfonamides is 1. The number of nitro groups is 1. The summed E-state index contributed by atoms with van der Waals surface area (Å²) in [5.41, 5.74) is 0.383. The monoisotopic (exact) mass is 429 g/mol. The number of fused-ring (bicyclic) bond motifs is 1. The fourth-order valence-corrected chi connectivity index (χ4v) is 5.10. The lowest BCUT2D eigenvalue weighted by Gasteiger charge is -2.37. The van der Waals surface area contributed by atoms with Crippen LogP contribution in [0.25, 0.3) is 0 Å². The molecule has 0 N–H and O–H groups in total. The Morgan fingerprint density at radius 1 is 1.23 bits per heavy atom. The van der Waals surface area contributed by atoms with Crippen molar-refractivity contribution < 1.29 is 18.1 Å². The Hall–Kier alpha value is -3.12. The average Bonchev–Trinajstić information content (AvgIpc) is 2.67. The smallest absolute Gasteiger partial charge is 0.274 e. The van der Waals surface area contributed by atoms with Crippen molar-refractivity contribution in [3.63, 3.8) is 0 Å². The minimum absolute atomic E-state index is 0.0453. The van der Waals surface area contributed by atoms with Gasteiger partial charge in [-0.2, -0.15) is 5.26 Å². The van der Waals surface area contributed by atoms with Crippen molar-refractivity contribution in [2.75, 3.05) is 10.8 Å². The average molecular weight is 429 g/mol. The first kappa shape index (κ1) is 21.6. The molecule has 0 bridgehead atoms. The molecule has 8 nitrogen and oxygen atoms in total. The maximum Gasteiger partial charge on any atom is 0.274 e. The predicted octanol–water partition coefficient (Wildman–Crippen LogP) is 4.11. The van der Waals surface area contributed by atoms with Gasteiger partial charge in [-0.25, -0.2) is 8.42 Å². The van der Waals surface area contributed by atoms with Crippen molar-refractivity contribution in [1.82, 2.24) is 0 Å². The fourth-order valence-electron chi connectivity index (χ4n) is 3.54. The highest BCUT2D eigenvalue weighted by molar-refractivity contribution is 7.92. The van der Waals surface area contributed by atoms with Gasteiger partial charge in [-0.3, -0.25) is 14.4 Å². The van der Waals surface area contributed by atoms with Gasteiger partial charge in [-0.05, 0) is 45.9 Å². The Morgan fingerprint density at radius 2 is 1.87 bits per heavy atom. The van der Waals surface area contributed by atoms with Crippen LogP contribution in [0.2, 0.25) is 0 Å². The lowest BCUT2D eigenvalue weighted by molar-refractivity contribution is -0.385. The highest BCUT2D eigenvalue weighted by Crippen LogP contribution is 2.44. The molecule has 0 unspecified atom stereocenters. The maximum atomic E-state index is 13.5. The lowest BCUT2D eigenvalue weighted by Crippen LogP contribution is -2.45. The van der Waals surface area contributed by atoms with Gasteiger partial charge >= 0.3 is 0 Å². The van der Waals surface area contributed by atoms with Crippen LogP contribution in [-0.2, 0) is 10.0 Å². The van der Waals surface area contributed by atoms with E-state index in [2.05, 4.69) is 6.07 Å². The molecule has 0 fully saturated rings. The van der Waals surface area contributed by atoms with Crippen LogP contribution in [0.15, 0.2) is 41.3 Å². The standard InChI is InChI=1S/C21H23N3O5S/c1-14-5-7-17(8-6-14)30(27,28)23-12-16(11-21(3,4)13-22)29-19-10-9-18(24(25)26)15(2)20(19)23/h5-10,16H,11-12H2,1-4H3/t16-/m0/s1. The molecule has 0 spiro atoms. The molecule has 9 heteroatoms. The van der Waals surface area contributed by atoms with E-state index < -0.39 is 26.5 Å². The Bertz CT molecular complexity index is 1130. The van der Waals surface area contributed by atoms with E-state index in [1.165, 1.54) is 35.5 Å². The molecular formula is C21H23N3O5S. The van der Waals surface area contributed by atoms with E-state index >= 15 is 0 Å². The Kier molecular flexibility index (Phi) is 5.48. The molecule has 0 amide bonds. The first-order chi connectivity index (χ1) is 14.0. The highest BCUT2D eigenvalue weighted by atomic mass is 32.2. The van der Waals surface area contributed by atoms with Crippen molar-refractivity contribution in [1.29, 1.82) is 5.26 Å². The van der Waals surface area contributed by atoms with Crippen LogP contribution in [0, 0.1) is 40.7 Å². The number of rotatable bonds is 5. The molecule has 0 saturated heterocycles. The van der Waals surface area contributed by atoms with Gasteiger partial charge in [0.2, 0.25) is 0 Å². The summed E-state index contributed by atoms with van der Waals surface area (Å²) in [5.74, 6) is 0.249. The van der Waals surface area contributed by atoms with E-state index in [-0.39, 0.29) is 34.1 Å². The van der Waals surface area contributed by atoms with Gasteiger partial charge in [0.05, 0.1) is 33.4 Å². The third-order valence-corrected chi connectivity index (χ3v) is 6.90. The number of nitro benzene ring substituents is 1. The summed E-state index contributed by atoms with van der Waals surface area (Å²) in [6.45, 7) is 6.83. The van der Waals surface area contributed by atoms with Gasteiger partial charge in [-0.15, -0.1) is 0 Å². The molecule has 0 aliphatic carbocycles. The van der Waals surface area contributed by atoms with Crippen LogP contribution < -0.4 is 9.04 Å². The summed E-state index contributed by atoms with van der Waals surface area (Å²) < 4.78 is 34.2. The first-order valence-electron chi connectivity index (χ1n) is 9.41. The fraction of sp³-hybridized carbons (Fsp3) is 0.381. The number of nitrogens with zero attached hydrogens (tertiary/aromatic N) is 3. The third-order valence-electron chi connectivity index (χ3n) is 5.12. The Morgan fingerprint density at radius 3 is 2.43 bits per heavy atom. The van der Waals surface area contributed by atoms with Crippen molar-refractivity contribution >= 4 is 21.4 Å². The van der Waals surface area contributed by atoms with Crippen molar-refractivity contribution in [2.45, 2.75) is 45.1 Å². The van der Waals surface area contributed by atoms with Gasteiger partial charge in [0.15, 0.2) is 0 Å². The zero-order valence-corrected chi connectivity index (χ0v) is 18.1. The van der Waals surface area contributed by atoms with Crippen molar-refractivity contribution in [2.24, 2.45) is 5.41 Å². The van der Waals surface area contributed by atoms with Gasteiger partial charge in [0.1, 0.15) is 17.5 Å². The van der Waals surface area contributed by atoms with Crippen LogP contribution in [0.5, 0.6) is 5.75 Å². The SMILES string of the molecule is Cc1ccc(S(=O)(=O)N2C[C@H](CC(C)(C)C#N)Oc3ccc([N+](=O)[O-])c(C)c32)cc1. The Labute approximate surface area is 175 Å². The zero-order valence-electron chi connectivity index (χ0n) is 17.2. The van der Waals surface area contributed by atoms with Crippen LogP contribution in [0.3, 0.4) is 0 Å². The molecule has 1 atom stereocenters. The number of nitriles is 1. The second-order valence-corrected chi connectivity index (χ2v) is 9.96. The molecular weight excluding hydrogens is 406 g/mol. The van der Waals surface area contributed by atoms with E-state index in [0.29, 0.717) is 6.42 Å². The lowest BCUT2D eigenvalue weighted by atomic mass is 9.88. The molecule has 158 valence electrons. The van der Waals surface area contributed by atoms with Crippen molar-refractivity contribution in [3.05, 3.63) is 57.6 Å². The van der Waals surface area contributed by atoms with E-state index in [1.807, 2.05) is 6.92 Å². The number of aryl methyl sites for hydroxylation is 1. The van der Waals surface area contributed by atoms with Gasteiger partial charge in [-0.1, -0.05) is 17.7 Å². The quantitative estimate of drug-likeness (QED) is 0.522. The summed E-state index contributed by atoms with van der Waals surface area (Å²) in [6, 6.07) is 11.4. The zero-order chi connectivity index (χ0) is 22.3. The number of benzene rings is 2. The highest BCUT2D eigenvalue weighted by Gasteiger charge is 2.39. The number of hydrogen-bond donors (Lipinski definition) is 0. The molecule has 0 radical (unpaired) electrons. The molecule has 1 aliphatic rings. The summed E-state index contributed by atoms with van der Waals surface area (Å²) >= 11 is 0. The third kappa shape index (κ3) is 3.96. The number of ether oxygens (including phenoxy) is 1. The van der Waals surface area contributed by atoms with E-state index in [4.69, 9.17) is 4.74 Å². The molecule has 1 aliphatic heterocycles.